The largest absolute Gasteiger partial charge is 0.419 e. The molecular formula is C20H23F3N6. The van der Waals surface area contributed by atoms with Gasteiger partial charge >= 0.3 is 6.18 Å². The van der Waals surface area contributed by atoms with E-state index in [2.05, 4.69) is 25.6 Å². The smallest absolute Gasteiger partial charge is 0.378 e. The molecule has 29 heavy (non-hydrogen) atoms. The average Bonchev–Trinajstić information content (AvgIpc) is 2.72. The predicted molar refractivity (Wildman–Crippen MR) is 108 cm³/mol. The number of nitrogens with one attached hydrogen (secondary N) is 2. The minimum atomic E-state index is -4.49. The van der Waals surface area contributed by atoms with E-state index in [1.54, 1.807) is 24.3 Å². The Hall–Kier alpha value is -2.94. The third-order valence-electron chi connectivity index (χ3n) is 4.57. The van der Waals surface area contributed by atoms with Gasteiger partial charge in [0, 0.05) is 44.8 Å². The van der Waals surface area contributed by atoms with Gasteiger partial charge in [-0.15, -0.1) is 0 Å². The first-order valence-corrected chi connectivity index (χ1v) is 9.32. The van der Waals surface area contributed by atoms with Gasteiger partial charge in [0.25, 0.3) is 0 Å². The molecule has 0 atom stereocenters. The topological polar surface area (TPSA) is 66.0 Å². The predicted octanol–water partition coefficient (Wildman–Crippen LogP) is 3.70. The number of likely N-dealkylation sites (N-methyl/N-ethyl adjacent to an activating group) is 2. The summed E-state index contributed by atoms with van der Waals surface area (Å²) >= 11 is 0. The molecule has 2 N–H and O–H groups in total. The van der Waals surface area contributed by atoms with E-state index in [0.29, 0.717) is 31.9 Å². The van der Waals surface area contributed by atoms with Crippen LogP contribution in [0.1, 0.15) is 18.1 Å². The number of anilines is 2. The van der Waals surface area contributed by atoms with Gasteiger partial charge in [0.2, 0.25) is 0 Å². The van der Waals surface area contributed by atoms with E-state index in [4.69, 9.17) is 0 Å². The molecule has 6 nitrogen and oxygen atoms in total. The second kappa shape index (κ2) is 9.04. The van der Waals surface area contributed by atoms with Crippen LogP contribution in [0.25, 0.3) is 11.0 Å². The first-order chi connectivity index (χ1) is 13.9. The summed E-state index contributed by atoms with van der Waals surface area (Å²) in [6.45, 7) is 3.62. The van der Waals surface area contributed by atoms with E-state index in [9.17, 15) is 13.2 Å². The monoisotopic (exact) mass is 404 g/mol. The summed E-state index contributed by atoms with van der Waals surface area (Å²) in [5.74, 6) is 0. The molecule has 3 aromatic rings. The molecule has 0 bridgehead atoms. The summed E-state index contributed by atoms with van der Waals surface area (Å²) in [6, 6.07) is 5.59. The molecule has 2 aromatic heterocycles. The van der Waals surface area contributed by atoms with Crippen molar-refractivity contribution in [2.24, 2.45) is 0 Å². The standard InChI is InChI=1S/C20H23F3N6/c1-3-29(9-8-24-2)19-15(20(21,22)23)12-25-13-18(19)28-11-14-4-5-16-17(10-14)27-7-6-26-16/h4-7,10,12-13,24,28H,3,8-9,11H2,1-2H3. The maximum Gasteiger partial charge on any atom is 0.419 e. The third kappa shape index (κ3) is 4.92. The van der Waals surface area contributed by atoms with Crippen LogP contribution < -0.4 is 15.5 Å². The molecule has 0 spiro atoms. The summed E-state index contributed by atoms with van der Waals surface area (Å²) in [5.41, 5.74) is 2.10. The van der Waals surface area contributed by atoms with Crippen LogP contribution in [-0.4, -0.2) is 41.6 Å². The van der Waals surface area contributed by atoms with Crippen molar-refractivity contribution in [2.75, 3.05) is 36.9 Å². The number of pyridine rings is 1. The van der Waals surface area contributed by atoms with Gasteiger partial charge in [0.15, 0.2) is 0 Å². The zero-order valence-electron chi connectivity index (χ0n) is 16.3. The number of alkyl halides is 3. The Bertz CT molecular complexity index is 960. The number of hydrogen-bond donors (Lipinski definition) is 2. The van der Waals surface area contributed by atoms with Gasteiger partial charge in [0.1, 0.15) is 0 Å². The van der Waals surface area contributed by atoms with Crippen LogP contribution in [0.3, 0.4) is 0 Å². The molecule has 9 heteroatoms. The fourth-order valence-electron chi connectivity index (χ4n) is 3.12. The Morgan fingerprint density at radius 2 is 1.83 bits per heavy atom. The maximum atomic E-state index is 13.7. The lowest BCUT2D eigenvalue weighted by Gasteiger charge is -2.29. The molecule has 0 saturated carbocycles. The van der Waals surface area contributed by atoms with Crippen LogP contribution in [0.4, 0.5) is 24.5 Å². The van der Waals surface area contributed by atoms with Crippen molar-refractivity contribution in [2.45, 2.75) is 19.6 Å². The van der Waals surface area contributed by atoms with E-state index in [-0.39, 0.29) is 5.69 Å². The molecular weight excluding hydrogens is 381 g/mol. The van der Waals surface area contributed by atoms with E-state index in [1.807, 2.05) is 25.1 Å². The lowest BCUT2D eigenvalue weighted by atomic mass is 10.1. The number of benzene rings is 1. The number of halogens is 3. The van der Waals surface area contributed by atoms with Gasteiger partial charge in [-0.3, -0.25) is 15.0 Å². The van der Waals surface area contributed by atoms with Crippen molar-refractivity contribution >= 4 is 22.4 Å². The Morgan fingerprint density at radius 3 is 2.52 bits per heavy atom. The number of hydrogen-bond acceptors (Lipinski definition) is 6. The van der Waals surface area contributed by atoms with Crippen LogP contribution in [-0.2, 0) is 12.7 Å². The average molecular weight is 404 g/mol. The van der Waals surface area contributed by atoms with Crippen LogP contribution in [0.2, 0.25) is 0 Å². The van der Waals surface area contributed by atoms with Gasteiger partial charge in [-0.25, -0.2) is 0 Å². The highest BCUT2D eigenvalue weighted by Gasteiger charge is 2.36. The molecule has 0 saturated heterocycles. The summed E-state index contributed by atoms with van der Waals surface area (Å²) in [4.78, 5) is 14.0. The Morgan fingerprint density at radius 1 is 1.07 bits per heavy atom. The summed E-state index contributed by atoms with van der Waals surface area (Å²) in [5, 5.41) is 6.11. The van der Waals surface area contributed by atoms with Crippen LogP contribution in [0.5, 0.6) is 0 Å². The van der Waals surface area contributed by atoms with E-state index < -0.39 is 11.7 Å². The number of fused-ring (bicyclic) bond motifs is 1. The minimum Gasteiger partial charge on any atom is -0.378 e. The van der Waals surface area contributed by atoms with Crippen molar-refractivity contribution in [1.82, 2.24) is 20.3 Å². The number of rotatable bonds is 8. The molecule has 0 radical (unpaired) electrons. The fraction of sp³-hybridized carbons (Fsp3) is 0.350. The van der Waals surface area contributed by atoms with Gasteiger partial charge in [0.05, 0.1) is 34.2 Å². The molecule has 0 aliphatic carbocycles. The Kier molecular flexibility index (Phi) is 6.48. The lowest BCUT2D eigenvalue weighted by molar-refractivity contribution is -0.137. The zero-order valence-corrected chi connectivity index (χ0v) is 16.3. The van der Waals surface area contributed by atoms with Crippen LogP contribution in [0, 0.1) is 0 Å². The quantitative estimate of drug-likeness (QED) is 0.597. The molecule has 0 aliphatic heterocycles. The van der Waals surface area contributed by atoms with E-state index in [1.165, 1.54) is 6.20 Å². The molecule has 154 valence electrons. The molecule has 1 aromatic carbocycles. The molecule has 0 fully saturated rings. The molecule has 2 heterocycles. The molecule has 0 unspecified atom stereocenters. The molecule has 0 aliphatic rings. The first kappa shape index (κ1) is 20.8. The van der Waals surface area contributed by atoms with Gasteiger partial charge in [-0.1, -0.05) is 6.07 Å². The fourth-order valence-corrected chi connectivity index (χ4v) is 3.12. The summed E-state index contributed by atoms with van der Waals surface area (Å²) in [7, 11) is 1.77. The lowest BCUT2D eigenvalue weighted by Crippen LogP contribution is -2.33. The third-order valence-corrected chi connectivity index (χ3v) is 4.57. The number of nitrogens with zero attached hydrogens (tertiary/aromatic N) is 4. The van der Waals surface area contributed by atoms with Crippen LogP contribution >= 0.6 is 0 Å². The maximum absolute atomic E-state index is 13.7. The van der Waals surface area contributed by atoms with E-state index >= 15 is 0 Å². The molecule has 0 amide bonds. The highest BCUT2D eigenvalue weighted by atomic mass is 19.4. The van der Waals surface area contributed by atoms with Crippen LogP contribution in [0.15, 0.2) is 43.0 Å². The van der Waals surface area contributed by atoms with E-state index in [0.717, 1.165) is 22.8 Å². The number of aromatic nitrogens is 3. The Labute approximate surface area is 167 Å². The minimum absolute atomic E-state index is 0.117. The normalized spacial score (nSPS) is 11.6. The van der Waals surface area contributed by atoms with Crippen molar-refractivity contribution in [3.05, 3.63) is 54.1 Å². The second-order valence-corrected chi connectivity index (χ2v) is 6.50. The Balaban J connectivity index is 1.92. The van der Waals surface area contributed by atoms with Crippen molar-refractivity contribution in [3.8, 4) is 0 Å². The highest BCUT2D eigenvalue weighted by Crippen LogP contribution is 2.40. The van der Waals surface area contributed by atoms with Crippen molar-refractivity contribution in [3.63, 3.8) is 0 Å². The van der Waals surface area contributed by atoms with Gasteiger partial charge < -0.3 is 15.5 Å². The zero-order chi connectivity index (χ0) is 20.9. The summed E-state index contributed by atoms with van der Waals surface area (Å²) < 4.78 is 41.0. The molecule has 3 rings (SSSR count). The highest BCUT2D eigenvalue weighted by molar-refractivity contribution is 5.75. The SMILES string of the molecule is CCN(CCNC)c1c(NCc2ccc3nccnc3c2)cncc1C(F)(F)F. The first-order valence-electron chi connectivity index (χ1n) is 9.32. The summed E-state index contributed by atoms with van der Waals surface area (Å²) in [6.07, 6.45) is 1.05. The van der Waals surface area contributed by atoms with Crippen molar-refractivity contribution < 1.29 is 13.2 Å². The van der Waals surface area contributed by atoms with Gasteiger partial charge in [-0.2, -0.15) is 13.2 Å². The van der Waals surface area contributed by atoms with Crippen molar-refractivity contribution in [1.29, 1.82) is 0 Å². The second-order valence-electron chi connectivity index (χ2n) is 6.50. The van der Waals surface area contributed by atoms with Gasteiger partial charge in [-0.05, 0) is 31.7 Å².